The van der Waals surface area contributed by atoms with Gasteiger partial charge in [0, 0.05) is 0 Å². The fraction of sp³-hybridized carbons (Fsp3) is 0.778. The number of epoxide rings is 1. The fourth-order valence-electron chi connectivity index (χ4n) is 4.64. The standard InChI is InChI=1S/C27H44O7Si/c1-26(2,3)35(6,7)34-22(16-29-15-18-11-9-8-10-12-18)24-25-23(32-25)19(28)13-14-20-21(31-24)17-30-27(4,5)33-20/h8-12,19-25,28H,13-17H2,1-7H3/t19-,20+,21-,22+,23+,24-,25+/m0/s1. The molecule has 0 aromatic heterocycles. The third-order valence-corrected chi connectivity index (χ3v) is 12.3. The number of rotatable bonds is 7. The molecular formula is C27H44O7Si. The van der Waals surface area contributed by atoms with Crippen LogP contribution in [0.1, 0.15) is 53.0 Å². The summed E-state index contributed by atoms with van der Waals surface area (Å²) in [6.07, 6.45) is -0.909. The van der Waals surface area contributed by atoms with Crippen molar-refractivity contribution in [2.75, 3.05) is 13.2 Å². The Balaban J connectivity index is 1.56. The average Bonchev–Trinajstić information content (AvgIpc) is 3.55. The number of fused-ring (bicyclic) bond motifs is 2. The van der Waals surface area contributed by atoms with Gasteiger partial charge in [-0.25, -0.2) is 0 Å². The van der Waals surface area contributed by atoms with E-state index in [-0.39, 0.29) is 35.6 Å². The lowest BCUT2D eigenvalue weighted by molar-refractivity contribution is -0.319. The van der Waals surface area contributed by atoms with Gasteiger partial charge in [-0.2, -0.15) is 0 Å². The Labute approximate surface area is 211 Å². The van der Waals surface area contributed by atoms with E-state index in [1.165, 1.54) is 0 Å². The van der Waals surface area contributed by atoms with Crippen LogP contribution in [0.3, 0.4) is 0 Å². The molecule has 4 rings (SSSR count). The van der Waals surface area contributed by atoms with Gasteiger partial charge in [0.25, 0.3) is 0 Å². The Morgan fingerprint density at radius 3 is 2.46 bits per heavy atom. The predicted octanol–water partition coefficient (Wildman–Crippen LogP) is 4.42. The van der Waals surface area contributed by atoms with E-state index in [4.69, 9.17) is 28.1 Å². The molecule has 7 atom stereocenters. The molecule has 3 aliphatic heterocycles. The summed E-state index contributed by atoms with van der Waals surface area (Å²) in [5.74, 6) is -0.672. The maximum atomic E-state index is 10.8. The molecule has 7 nitrogen and oxygen atoms in total. The molecule has 0 amide bonds. The molecule has 0 unspecified atom stereocenters. The summed E-state index contributed by atoms with van der Waals surface area (Å²) in [5, 5.41) is 10.8. The van der Waals surface area contributed by atoms with Crippen LogP contribution in [0.25, 0.3) is 0 Å². The lowest BCUT2D eigenvalue weighted by Crippen LogP contribution is -2.55. The molecule has 0 aliphatic carbocycles. The van der Waals surface area contributed by atoms with E-state index in [1.54, 1.807) is 0 Å². The van der Waals surface area contributed by atoms with Gasteiger partial charge < -0.3 is 33.2 Å². The minimum absolute atomic E-state index is 0.0239. The van der Waals surface area contributed by atoms with Gasteiger partial charge in [0.05, 0.1) is 38.1 Å². The number of aliphatic hydroxyl groups is 1. The molecule has 198 valence electrons. The number of hydrogen-bond donors (Lipinski definition) is 1. The van der Waals surface area contributed by atoms with E-state index in [1.807, 2.05) is 32.0 Å². The smallest absolute Gasteiger partial charge is 0.192 e. The van der Waals surface area contributed by atoms with Crippen molar-refractivity contribution in [2.45, 2.75) is 121 Å². The van der Waals surface area contributed by atoms with Gasteiger partial charge in [0.15, 0.2) is 14.1 Å². The van der Waals surface area contributed by atoms with Gasteiger partial charge in [0.1, 0.15) is 24.4 Å². The lowest BCUT2D eigenvalue weighted by atomic mass is 10.0. The number of aliphatic hydroxyl groups excluding tert-OH is 1. The molecule has 8 heteroatoms. The van der Waals surface area contributed by atoms with E-state index in [0.717, 1.165) is 5.56 Å². The molecule has 0 radical (unpaired) electrons. The van der Waals surface area contributed by atoms with Crippen LogP contribution in [0.15, 0.2) is 30.3 Å². The number of hydrogen-bond acceptors (Lipinski definition) is 7. The summed E-state index contributed by atoms with van der Waals surface area (Å²) >= 11 is 0. The molecule has 3 fully saturated rings. The molecule has 1 aromatic rings. The molecule has 3 saturated heterocycles. The summed E-state index contributed by atoms with van der Waals surface area (Å²) < 4.78 is 38.0. The zero-order chi connectivity index (χ0) is 25.4. The minimum atomic E-state index is -2.16. The number of benzene rings is 1. The van der Waals surface area contributed by atoms with Crippen LogP contribution in [-0.4, -0.2) is 75.2 Å². The quantitative estimate of drug-likeness (QED) is 0.431. The van der Waals surface area contributed by atoms with Crippen molar-refractivity contribution >= 4 is 8.32 Å². The second-order valence-electron chi connectivity index (χ2n) is 12.1. The van der Waals surface area contributed by atoms with E-state index in [9.17, 15) is 5.11 Å². The maximum absolute atomic E-state index is 10.8. The lowest BCUT2D eigenvalue weighted by Gasteiger charge is -2.44. The van der Waals surface area contributed by atoms with Gasteiger partial charge in [-0.05, 0) is 50.4 Å². The highest BCUT2D eigenvalue weighted by molar-refractivity contribution is 6.74. The Morgan fingerprint density at radius 2 is 1.77 bits per heavy atom. The molecular weight excluding hydrogens is 464 g/mol. The predicted molar refractivity (Wildman–Crippen MR) is 136 cm³/mol. The molecule has 35 heavy (non-hydrogen) atoms. The summed E-state index contributed by atoms with van der Waals surface area (Å²) in [6, 6.07) is 10.1. The highest BCUT2D eigenvalue weighted by Crippen LogP contribution is 2.42. The van der Waals surface area contributed by atoms with Gasteiger partial charge in [-0.1, -0.05) is 51.1 Å². The van der Waals surface area contributed by atoms with Gasteiger partial charge in [0.2, 0.25) is 0 Å². The molecule has 3 aliphatic rings. The van der Waals surface area contributed by atoms with Gasteiger partial charge in [-0.15, -0.1) is 0 Å². The third-order valence-electron chi connectivity index (χ3n) is 7.80. The molecule has 0 spiro atoms. The Hall–Kier alpha value is -0.843. The van der Waals surface area contributed by atoms with E-state index < -0.39 is 26.3 Å². The zero-order valence-electron chi connectivity index (χ0n) is 22.4. The number of ether oxygens (including phenoxy) is 5. The van der Waals surface area contributed by atoms with Crippen molar-refractivity contribution < 1.29 is 33.2 Å². The summed E-state index contributed by atoms with van der Waals surface area (Å²) in [7, 11) is -2.16. The van der Waals surface area contributed by atoms with Crippen LogP contribution < -0.4 is 0 Å². The fourth-order valence-corrected chi connectivity index (χ4v) is 5.96. The average molecular weight is 509 g/mol. The SMILES string of the molecule is CC1(C)OC[C@@H]2O[C@@H]([C@@H](COCc3ccccc3)O[Si](C)(C)C(C)(C)C)[C@@H]3O[C@@H]3[C@@H](O)CC[C@H]2O1. The summed E-state index contributed by atoms with van der Waals surface area (Å²) in [6.45, 7) is 16.3. The second-order valence-corrected chi connectivity index (χ2v) is 16.9. The largest absolute Gasteiger partial charge is 0.409 e. The van der Waals surface area contributed by atoms with Crippen molar-refractivity contribution in [3.05, 3.63) is 35.9 Å². The Bertz CT molecular complexity index is 825. The van der Waals surface area contributed by atoms with E-state index in [0.29, 0.717) is 32.7 Å². The third kappa shape index (κ3) is 6.73. The van der Waals surface area contributed by atoms with Crippen molar-refractivity contribution in [3.63, 3.8) is 0 Å². The van der Waals surface area contributed by atoms with E-state index >= 15 is 0 Å². The van der Waals surface area contributed by atoms with Crippen molar-refractivity contribution in [1.29, 1.82) is 0 Å². The van der Waals surface area contributed by atoms with E-state index in [2.05, 4.69) is 46.0 Å². The molecule has 1 aromatic carbocycles. The molecule has 0 bridgehead atoms. The molecule has 1 N–H and O–H groups in total. The molecule has 3 heterocycles. The van der Waals surface area contributed by atoms with Crippen LogP contribution in [-0.2, 0) is 34.7 Å². The van der Waals surface area contributed by atoms with Gasteiger partial charge in [-0.3, -0.25) is 0 Å². The monoisotopic (exact) mass is 508 g/mol. The molecule has 0 saturated carbocycles. The highest BCUT2D eigenvalue weighted by atomic mass is 28.4. The first-order chi connectivity index (χ1) is 16.4. The first kappa shape index (κ1) is 27.2. The van der Waals surface area contributed by atoms with Gasteiger partial charge >= 0.3 is 0 Å². The minimum Gasteiger partial charge on any atom is -0.409 e. The first-order valence-corrected chi connectivity index (χ1v) is 15.9. The Morgan fingerprint density at radius 1 is 1.06 bits per heavy atom. The van der Waals surface area contributed by atoms with Crippen LogP contribution >= 0.6 is 0 Å². The van der Waals surface area contributed by atoms with Crippen molar-refractivity contribution in [1.82, 2.24) is 0 Å². The second kappa shape index (κ2) is 10.5. The van der Waals surface area contributed by atoms with Crippen LogP contribution in [0.2, 0.25) is 18.1 Å². The van der Waals surface area contributed by atoms with Crippen LogP contribution in [0.5, 0.6) is 0 Å². The first-order valence-electron chi connectivity index (χ1n) is 13.0. The van der Waals surface area contributed by atoms with Crippen LogP contribution in [0, 0.1) is 0 Å². The summed E-state index contributed by atoms with van der Waals surface area (Å²) in [4.78, 5) is 0. The van der Waals surface area contributed by atoms with Crippen LogP contribution in [0.4, 0.5) is 0 Å². The van der Waals surface area contributed by atoms with Crippen molar-refractivity contribution in [2.24, 2.45) is 0 Å². The normalized spacial score (nSPS) is 34.1. The maximum Gasteiger partial charge on any atom is 0.192 e. The topological polar surface area (TPSA) is 78.9 Å². The zero-order valence-corrected chi connectivity index (χ0v) is 23.4. The highest BCUT2D eigenvalue weighted by Gasteiger charge is 2.56. The summed E-state index contributed by atoms with van der Waals surface area (Å²) in [5.41, 5.74) is 1.11. The van der Waals surface area contributed by atoms with Crippen molar-refractivity contribution in [3.8, 4) is 0 Å². The Kier molecular flexibility index (Phi) is 8.16.